The molecule has 14 heavy (non-hydrogen) atoms. The van der Waals surface area contributed by atoms with Gasteiger partial charge in [0.2, 0.25) is 5.88 Å². The molecule has 3 nitrogen and oxygen atoms in total. The van der Waals surface area contributed by atoms with Crippen molar-refractivity contribution in [1.82, 2.24) is 4.98 Å². The first-order valence-electron chi connectivity index (χ1n) is 4.05. The van der Waals surface area contributed by atoms with E-state index in [0.29, 0.717) is 11.2 Å². The number of halogens is 1. The van der Waals surface area contributed by atoms with Crippen molar-refractivity contribution in [2.45, 2.75) is 0 Å². The molecule has 0 aliphatic heterocycles. The maximum absolute atomic E-state index is 5.21. The highest BCUT2D eigenvalue weighted by Gasteiger charge is 2.13. The summed E-state index contributed by atoms with van der Waals surface area (Å²) in [5.41, 5.74) is 1.70. The van der Waals surface area contributed by atoms with E-state index in [9.17, 15) is 0 Å². The first-order valence-corrected chi connectivity index (χ1v) is 5.17. The molecule has 1 aromatic rings. The summed E-state index contributed by atoms with van der Waals surface area (Å²) in [6.07, 6.45) is 1.64. The largest absolute Gasteiger partial charge is 0.496 e. The SMILES string of the molecule is C=C(CBr)c1c(OC)ccnc1OC. The molecule has 76 valence electrons. The van der Waals surface area contributed by atoms with Crippen LogP contribution < -0.4 is 9.47 Å². The Labute approximate surface area is 91.9 Å². The van der Waals surface area contributed by atoms with Crippen LogP contribution in [0.5, 0.6) is 11.6 Å². The second-order valence-corrected chi connectivity index (χ2v) is 3.20. The van der Waals surface area contributed by atoms with Gasteiger partial charge in [-0.05, 0) is 11.6 Å². The van der Waals surface area contributed by atoms with E-state index in [1.54, 1.807) is 26.5 Å². The molecule has 1 aromatic heterocycles. The molecule has 0 fully saturated rings. The molecular weight excluding hydrogens is 246 g/mol. The second-order valence-electron chi connectivity index (χ2n) is 2.63. The minimum Gasteiger partial charge on any atom is -0.496 e. The standard InChI is InChI=1S/C10H12BrNO2/c1-7(6-11)9-8(13-2)4-5-12-10(9)14-3/h4-5H,1,6H2,2-3H3. The van der Waals surface area contributed by atoms with E-state index in [-0.39, 0.29) is 0 Å². The predicted molar refractivity (Wildman–Crippen MR) is 60.2 cm³/mol. The average Bonchev–Trinajstić information content (AvgIpc) is 2.26. The Morgan fingerprint density at radius 1 is 1.50 bits per heavy atom. The minimum atomic E-state index is 0.536. The Morgan fingerprint density at radius 2 is 2.21 bits per heavy atom. The van der Waals surface area contributed by atoms with Gasteiger partial charge >= 0.3 is 0 Å². The van der Waals surface area contributed by atoms with Crippen molar-refractivity contribution in [3.8, 4) is 11.6 Å². The lowest BCUT2D eigenvalue weighted by Crippen LogP contribution is -1.98. The molecule has 1 heterocycles. The van der Waals surface area contributed by atoms with Gasteiger partial charge in [0.05, 0.1) is 19.8 Å². The van der Waals surface area contributed by atoms with Gasteiger partial charge in [-0.25, -0.2) is 4.98 Å². The molecule has 0 atom stereocenters. The monoisotopic (exact) mass is 257 g/mol. The third-order valence-corrected chi connectivity index (χ3v) is 2.48. The van der Waals surface area contributed by atoms with Gasteiger partial charge in [0.1, 0.15) is 5.75 Å². The van der Waals surface area contributed by atoms with Crippen LogP contribution in [0.1, 0.15) is 5.56 Å². The Kier molecular flexibility index (Phi) is 3.95. The normalized spacial score (nSPS) is 9.64. The molecule has 0 bridgehead atoms. The van der Waals surface area contributed by atoms with Crippen molar-refractivity contribution < 1.29 is 9.47 Å². The molecule has 1 rings (SSSR count). The van der Waals surface area contributed by atoms with E-state index in [0.717, 1.165) is 16.9 Å². The lowest BCUT2D eigenvalue weighted by Gasteiger charge is -2.12. The molecular formula is C10H12BrNO2. The average molecular weight is 258 g/mol. The van der Waals surface area contributed by atoms with Gasteiger partial charge in [0, 0.05) is 11.5 Å². The zero-order chi connectivity index (χ0) is 10.6. The van der Waals surface area contributed by atoms with Crippen LogP contribution in [0.25, 0.3) is 5.57 Å². The van der Waals surface area contributed by atoms with Crippen molar-refractivity contribution in [2.75, 3.05) is 19.5 Å². The van der Waals surface area contributed by atoms with Gasteiger partial charge in [-0.2, -0.15) is 0 Å². The number of allylic oxidation sites excluding steroid dienone is 1. The number of hydrogen-bond donors (Lipinski definition) is 0. The van der Waals surface area contributed by atoms with E-state index in [4.69, 9.17) is 9.47 Å². The first kappa shape index (κ1) is 11.0. The molecule has 0 aliphatic carbocycles. The van der Waals surface area contributed by atoms with Crippen molar-refractivity contribution in [3.63, 3.8) is 0 Å². The Balaban J connectivity index is 3.25. The first-order chi connectivity index (χ1) is 6.74. The summed E-state index contributed by atoms with van der Waals surface area (Å²) in [6.45, 7) is 3.91. The number of methoxy groups -OCH3 is 2. The second kappa shape index (κ2) is 5.00. The van der Waals surface area contributed by atoms with Crippen LogP contribution in [-0.2, 0) is 0 Å². The lowest BCUT2D eigenvalue weighted by atomic mass is 10.1. The van der Waals surface area contributed by atoms with Crippen LogP contribution >= 0.6 is 15.9 Å². The molecule has 0 N–H and O–H groups in total. The fourth-order valence-electron chi connectivity index (χ4n) is 1.14. The van der Waals surface area contributed by atoms with Crippen molar-refractivity contribution in [1.29, 1.82) is 0 Å². The zero-order valence-corrected chi connectivity index (χ0v) is 9.80. The Morgan fingerprint density at radius 3 is 2.71 bits per heavy atom. The van der Waals surface area contributed by atoms with E-state index in [1.165, 1.54) is 0 Å². The summed E-state index contributed by atoms with van der Waals surface area (Å²) in [5.74, 6) is 1.26. The van der Waals surface area contributed by atoms with Crippen LogP contribution in [0.3, 0.4) is 0 Å². The maximum Gasteiger partial charge on any atom is 0.224 e. The lowest BCUT2D eigenvalue weighted by molar-refractivity contribution is 0.380. The Hall–Kier alpha value is -1.03. The topological polar surface area (TPSA) is 31.4 Å². The summed E-state index contributed by atoms with van der Waals surface area (Å²) in [7, 11) is 3.19. The number of rotatable bonds is 4. The molecule has 0 saturated heterocycles. The molecule has 0 aliphatic rings. The van der Waals surface area contributed by atoms with Crippen LogP contribution in [-0.4, -0.2) is 24.5 Å². The number of aromatic nitrogens is 1. The third-order valence-electron chi connectivity index (χ3n) is 1.81. The highest BCUT2D eigenvalue weighted by atomic mass is 79.9. The van der Waals surface area contributed by atoms with Crippen molar-refractivity contribution in [2.24, 2.45) is 0 Å². The summed E-state index contributed by atoms with van der Waals surface area (Å²) in [6, 6.07) is 1.78. The smallest absolute Gasteiger partial charge is 0.224 e. The van der Waals surface area contributed by atoms with E-state index >= 15 is 0 Å². The number of alkyl halides is 1. The fraction of sp³-hybridized carbons (Fsp3) is 0.300. The van der Waals surface area contributed by atoms with Gasteiger partial charge < -0.3 is 9.47 Å². The summed E-state index contributed by atoms with van der Waals surface area (Å²) in [5, 5.41) is 0.658. The van der Waals surface area contributed by atoms with Crippen LogP contribution in [0.4, 0.5) is 0 Å². The number of nitrogens with zero attached hydrogens (tertiary/aromatic N) is 1. The van der Waals surface area contributed by atoms with Gasteiger partial charge in [0.15, 0.2) is 0 Å². The summed E-state index contributed by atoms with van der Waals surface area (Å²) < 4.78 is 10.3. The molecule has 0 amide bonds. The summed E-state index contributed by atoms with van der Waals surface area (Å²) in [4.78, 5) is 4.09. The molecule has 0 unspecified atom stereocenters. The van der Waals surface area contributed by atoms with Gasteiger partial charge in [0.25, 0.3) is 0 Å². The Bertz CT molecular complexity index is 317. The predicted octanol–water partition coefficient (Wildman–Crippen LogP) is 2.51. The van der Waals surface area contributed by atoms with Crippen LogP contribution in [0.15, 0.2) is 18.8 Å². The fourth-order valence-corrected chi connectivity index (χ4v) is 1.42. The van der Waals surface area contributed by atoms with E-state index < -0.39 is 0 Å². The van der Waals surface area contributed by atoms with Crippen molar-refractivity contribution in [3.05, 3.63) is 24.4 Å². The highest BCUT2D eigenvalue weighted by Crippen LogP contribution is 2.32. The number of ether oxygens (including phenoxy) is 2. The molecule has 4 heteroatoms. The molecule has 0 aromatic carbocycles. The van der Waals surface area contributed by atoms with Gasteiger partial charge in [-0.3, -0.25) is 0 Å². The summed E-state index contributed by atoms with van der Waals surface area (Å²) >= 11 is 3.34. The molecule has 0 spiro atoms. The maximum atomic E-state index is 5.21. The number of hydrogen-bond acceptors (Lipinski definition) is 3. The third kappa shape index (κ3) is 2.07. The highest BCUT2D eigenvalue weighted by molar-refractivity contribution is 9.09. The van der Waals surface area contributed by atoms with Crippen LogP contribution in [0, 0.1) is 0 Å². The zero-order valence-electron chi connectivity index (χ0n) is 8.21. The van der Waals surface area contributed by atoms with Gasteiger partial charge in [-0.1, -0.05) is 22.5 Å². The minimum absolute atomic E-state index is 0.536. The van der Waals surface area contributed by atoms with E-state index in [2.05, 4.69) is 27.5 Å². The van der Waals surface area contributed by atoms with E-state index in [1.807, 2.05) is 0 Å². The van der Waals surface area contributed by atoms with Crippen LogP contribution in [0.2, 0.25) is 0 Å². The molecule has 0 saturated carbocycles. The van der Waals surface area contributed by atoms with Gasteiger partial charge in [-0.15, -0.1) is 0 Å². The number of pyridine rings is 1. The molecule has 0 radical (unpaired) electrons. The van der Waals surface area contributed by atoms with Crippen molar-refractivity contribution >= 4 is 21.5 Å². The quantitative estimate of drug-likeness (QED) is 0.777.